The first-order valence-electron chi connectivity index (χ1n) is 9.17. The molecule has 3 rings (SSSR count). The van der Waals surface area contributed by atoms with Gasteiger partial charge in [-0.05, 0) is 54.1 Å². The Balaban J connectivity index is 2.16. The predicted octanol–water partition coefficient (Wildman–Crippen LogP) is 3.89. The van der Waals surface area contributed by atoms with Gasteiger partial charge in [-0.2, -0.15) is 0 Å². The van der Waals surface area contributed by atoms with Crippen LogP contribution in [0, 0.1) is 22.7 Å². The standard InChI is InChI=1S/C20H32O3/c1-12-15(21)10-14-18(23-5)13-8-6-7-9-20(13,4)11-16(22)17(12)19(14,2)3/h13-14,16,18,22H,6-11H2,1-5H3/t13-,14-,16-,18-,20-/m0/s1. The zero-order valence-electron chi connectivity index (χ0n) is 15.3. The normalized spacial score (nSPS) is 43.7. The summed E-state index contributed by atoms with van der Waals surface area (Å²) in [6.07, 6.45) is 5.70. The molecule has 3 nitrogen and oxygen atoms in total. The highest BCUT2D eigenvalue weighted by Crippen LogP contribution is 2.57. The maximum atomic E-state index is 12.6. The molecule has 2 bridgehead atoms. The third-order valence-electron chi connectivity index (χ3n) is 7.32. The Morgan fingerprint density at radius 3 is 2.52 bits per heavy atom. The Bertz CT molecular complexity index is 533. The zero-order valence-corrected chi connectivity index (χ0v) is 15.3. The summed E-state index contributed by atoms with van der Waals surface area (Å²) in [4.78, 5) is 12.6. The number of fused-ring (bicyclic) bond motifs is 3. The average molecular weight is 320 g/mol. The van der Waals surface area contributed by atoms with Gasteiger partial charge in [-0.25, -0.2) is 0 Å². The van der Waals surface area contributed by atoms with Crippen molar-refractivity contribution >= 4 is 5.78 Å². The number of hydrogen-bond donors (Lipinski definition) is 1. The Morgan fingerprint density at radius 2 is 1.87 bits per heavy atom. The summed E-state index contributed by atoms with van der Waals surface area (Å²) >= 11 is 0. The molecule has 23 heavy (non-hydrogen) atoms. The lowest BCUT2D eigenvalue weighted by molar-refractivity contribution is -0.134. The molecule has 5 atom stereocenters. The van der Waals surface area contributed by atoms with E-state index in [1.165, 1.54) is 12.8 Å². The molecule has 0 unspecified atom stereocenters. The summed E-state index contributed by atoms with van der Waals surface area (Å²) in [5, 5.41) is 11.1. The lowest BCUT2D eigenvalue weighted by Gasteiger charge is -2.56. The monoisotopic (exact) mass is 320 g/mol. The highest BCUT2D eigenvalue weighted by molar-refractivity contribution is 5.97. The van der Waals surface area contributed by atoms with E-state index in [2.05, 4.69) is 20.8 Å². The number of methoxy groups -OCH3 is 1. The van der Waals surface area contributed by atoms with Crippen LogP contribution in [0.4, 0.5) is 0 Å². The number of hydrogen-bond acceptors (Lipinski definition) is 3. The largest absolute Gasteiger partial charge is 0.389 e. The van der Waals surface area contributed by atoms with Crippen LogP contribution >= 0.6 is 0 Å². The summed E-state index contributed by atoms with van der Waals surface area (Å²) in [5.41, 5.74) is 1.70. The van der Waals surface area contributed by atoms with Crippen LogP contribution in [-0.4, -0.2) is 30.2 Å². The van der Waals surface area contributed by atoms with Gasteiger partial charge in [0, 0.05) is 19.4 Å². The van der Waals surface area contributed by atoms with E-state index in [1.807, 2.05) is 14.0 Å². The number of ether oxygens (including phenoxy) is 1. The molecule has 2 fully saturated rings. The molecule has 3 heteroatoms. The van der Waals surface area contributed by atoms with Crippen LogP contribution in [0.5, 0.6) is 0 Å². The molecule has 0 amide bonds. The van der Waals surface area contributed by atoms with Crippen molar-refractivity contribution in [2.75, 3.05) is 7.11 Å². The van der Waals surface area contributed by atoms with Gasteiger partial charge in [-0.15, -0.1) is 0 Å². The van der Waals surface area contributed by atoms with Gasteiger partial charge in [0.2, 0.25) is 0 Å². The van der Waals surface area contributed by atoms with Gasteiger partial charge in [-0.1, -0.05) is 33.6 Å². The van der Waals surface area contributed by atoms with Gasteiger partial charge >= 0.3 is 0 Å². The Morgan fingerprint density at radius 1 is 1.17 bits per heavy atom. The van der Waals surface area contributed by atoms with Crippen LogP contribution in [-0.2, 0) is 9.53 Å². The molecular formula is C20H32O3. The van der Waals surface area contributed by atoms with Crippen molar-refractivity contribution in [3.63, 3.8) is 0 Å². The Kier molecular flexibility index (Phi) is 4.25. The number of ketones is 1. The molecule has 0 heterocycles. The van der Waals surface area contributed by atoms with E-state index in [9.17, 15) is 9.90 Å². The summed E-state index contributed by atoms with van der Waals surface area (Å²) in [5.74, 6) is 0.800. The fourth-order valence-corrected chi connectivity index (χ4v) is 6.04. The van der Waals surface area contributed by atoms with Gasteiger partial charge in [0.25, 0.3) is 0 Å². The topological polar surface area (TPSA) is 46.5 Å². The lowest BCUT2D eigenvalue weighted by atomic mass is 9.51. The van der Waals surface area contributed by atoms with Crippen LogP contribution < -0.4 is 0 Å². The summed E-state index contributed by atoms with van der Waals surface area (Å²) in [6.45, 7) is 8.63. The summed E-state index contributed by atoms with van der Waals surface area (Å²) in [7, 11) is 1.81. The number of allylic oxidation sites excluding steroid dienone is 1. The number of Topliss-reactive ketones (excluding diaryl/α,β-unsaturated/α-hetero) is 1. The van der Waals surface area contributed by atoms with Crippen LogP contribution in [0.25, 0.3) is 0 Å². The number of carbonyl (C=O) groups excluding carboxylic acids is 1. The van der Waals surface area contributed by atoms with Gasteiger partial charge in [0.05, 0.1) is 12.2 Å². The van der Waals surface area contributed by atoms with Gasteiger partial charge in [0.15, 0.2) is 5.78 Å². The minimum absolute atomic E-state index is 0.106. The van der Waals surface area contributed by atoms with Crippen molar-refractivity contribution in [1.82, 2.24) is 0 Å². The number of carbonyl (C=O) groups is 1. The van der Waals surface area contributed by atoms with E-state index in [0.717, 1.165) is 30.4 Å². The molecule has 3 aliphatic carbocycles. The molecule has 3 aliphatic rings. The number of aliphatic hydroxyl groups is 1. The van der Waals surface area contributed by atoms with E-state index in [1.54, 1.807) is 0 Å². The quantitative estimate of drug-likeness (QED) is 0.797. The molecule has 0 aliphatic heterocycles. The Hall–Kier alpha value is -0.670. The molecular weight excluding hydrogens is 288 g/mol. The van der Waals surface area contributed by atoms with Gasteiger partial charge < -0.3 is 9.84 Å². The second-order valence-corrected chi connectivity index (χ2v) is 8.92. The molecule has 0 aromatic rings. The third kappa shape index (κ3) is 2.51. The minimum Gasteiger partial charge on any atom is -0.389 e. The molecule has 130 valence electrons. The smallest absolute Gasteiger partial charge is 0.159 e. The molecule has 0 aromatic carbocycles. The molecule has 1 N–H and O–H groups in total. The van der Waals surface area contributed by atoms with Crippen molar-refractivity contribution in [3.8, 4) is 0 Å². The fourth-order valence-electron chi connectivity index (χ4n) is 6.04. The van der Waals surface area contributed by atoms with Crippen molar-refractivity contribution < 1.29 is 14.6 Å². The number of aliphatic hydroxyl groups excluding tert-OH is 1. The first-order chi connectivity index (χ1) is 10.7. The van der Waals surface area contributed by atoms with Crippen LogP contribution in [0.2, 0.25) is 0 Å². The molecule has 0 saturated heterocycles. The van der Waals surface area contributed by atoms with E-state index in [0.29, 0.717) is 12.3 Å². The van der Waals surface area contributed by atoms with Crippen molar-refractivity contribution in [2.45, 2.75) is 78.4 Å². The third-order valence-corrected chi connectivity index (χ3v) is 7.32. The number of rotatable bonds is 1. The van der Waals surface area contributed by atoms with Crippen molar-refractivity contribution in [3.05, 3.63) is 11.1 Å². The SMILES string of the molecule is CO[C@@H]1[C@@H]2CC(=O)C(C)=C([C@@H](O)C[C@]3(C)CCCC[C@@H]13)C2(C)C. The zero-order chi connectivity index (χ0) is 17.0. The maximum Gasteiger partial charge on any atom is 0.159 e. The van der Waals surface area contributed by atoms with Gasteiger partial charge in [-0.3, -0.25) is 4.79 Å². The minimum atomic E-state index is -0.500. The van der Waals surface area contributed by atoms with Crippen molar-refractivity contribution in [1.29, 1.82) is 0 Å². The van der Waals surface area contributed by atoms with Crippen LogP contribution in [0.15, 0.2) is 11.1 Å². The van der Waals surface area contributed by atoms with E-state index >= 15 is 0 Å². The van der Waals surface area contributed by atoms with Crippen molar-refractivity contribution in [2.24, 2.45) is 22.7 Å². The first kappa shape index (κ1) is 17.2. The summed E-state index contributed by atoms with van der Waals surface area (Å²) < 4.78 is 6.05. The average Bonchev–Trinajstić information content (AvgIpc) is 2.45. The summed E-state index contributed by atoms with van der Waals surface area (Å²) in [6, 6.07) is 0. The predicted molar refractivity (Wildman–Crippen MR) is 91.1 cm³/mol. The highest BCUT2D eigenvalue weighted by atomic mass is 16.5. The second-order valence-electron chi connectivity index (χ2n) is 8.92. The van der Waals surface area contributed by atoms with Gasteiger partial charge in [0.1, 0.15) is 0 Å². The molecule has 0 spiro atoms. The highest BCUT2D eigenvalue weighted by Gasteiger charge is 2.55. The molecule has 2 saturated carbocycles. The Labute approximate surface area is 140 Å². The first-order valence-corrected chi connectivity index (χ1v) is 9.17. The maximum absolute atomic E-state index is 12.6. The molecule has 0 aromatic heterocycles. The van der Waals surface area contributed by atoms with Crippen LogP contribution in [0.1, 0.15) is 66.2 Å². The van der Waals surface area contributed by atoms with E-state index in [-0.39, 0.29) is 28.6 Å². The van der Waals surface area contributed by atoms with E-state index in [4.69, 9.17) is 4.74 Å². The lowest BCUT2D eigenvalue weighted by Crippen LogP contribution is -2.54. The van der Waals surface area contributed by atoms with Crippen LogP contribution in [0.3, 0.4) is 0 Å². The fraction of sp³-hybridized carbons (Fsp3) is 0.850. The van der Waals surface area contributed by atoms with E-state index < -0.39 is 6.10 Å². The molecule has 0 radical (unpaired) electrons. The second kappa shape index (κ2) is 5.70.